The Hall–Kier alpha value is -2.30. The fourth-order valence-electron chi connectivity index (χ4n) is 3.80. The van der Waals surface area contributed by atoms with E-state index in [0.717, 1.165) is 35.2 Å². The molecule has 1 aromatic heterocycles. The molecular weight excluding hydrogens is 328 g/mol. The van der Waals surface area contributed by atoms with Crippen molar-refractivity contribution < 1.29 is 14.3 Å². The number of hydrogen-bond acceptors (Lipinski definition) is 5. The van der Waals surface area contributed by atoms with Gasteiger partial charge in [0.25, 0.3) is 0 Å². The molecule has 1 heterocycles. The van der Waals surface area contributed by atoms with Crippen molar-refractivity contribution in [2.75, 3.05) is 25.2 Å². The number of nitrogens with zero attached hydrogens (tertiary/aromatic N) is 2. The molecule has 0 amide bonds. The van der Waals surface area contributed by atoms with Gasteiger partial charge >= 0.3 is 5.97 Å². The highest BCUT2D eigenvalue weighted by atomic mass is 16.5. The lowest BCUT2D eigenvalue weighted by Gasteiger charge is -2.34. The number of ether oxygens (including phenoxy) is 2. The standard InChI is InChI=1S/C21H28N2O3/c1-4-25-16-11-12-19-17(13-16)20(18(14-22-19)21(24)26-5-2)23(3)15-9-7-6-8-10-15/h11-15H,4-10H2,1-3H3. The molecule has 0 saturated heterocycles. The van der Waals surface area contributed by atoms with E-state index in [1.165, 1.54) is 19.3 Å². The van der Waals surface area contributed by atoms with Gasteiger partial charge in [0.1, 0.15) is 11.3 Å². The molecule has 26 heavy (non-hydrogen) atoms. The third-order valence-electron chi connectivity index (χ3n) is 5.09. The fourth-order valence-corrected chi connectivity index (χ4v) is 3.80. The van der Waals surface area contributed by atoms with Crippen LogP contribution >= 0.6 is 0 Å². The summed E-state index contributed by atoms with van der Waals surface area (Å²) in [5, 5.41) is 0.939. The van der Waals surface area contributed by atoms with E-state index in [4.69, 9.17) is 9.47 Å². The Morgan fingerprint density at radius 3 is 2.65 bits per heavy atom. The van der Waals surface area contributed by atoms with Crippen LogP contribution in [0.5, 0.6) is 5.75 Å². The minimum Gasteiger partial charge on any atom is -0.494 e. The molecule has 1 aliphatic carbocycles. The zero-order chi connectivity index (χ0) is 18.5. The number of pyridine rings is 1. The molecule has 5 heteroatoms. The van der Waals surface area contributed by atoms with Crippen LogP contribution in [0.15, 0.2) is 24.4 Å². The predicted molar refractivity (Wildman–Crippen MR) is 104 cm³/mol. The van der Waals surface area contributed by atoms with Crippen molar-refractivity contribution in [1.82, 2.24) is 4.98 Å². The summed E-state index contributed by atoms with van der Waals surface area (Å²) in [7, 11) is 2.08. The molecule has 0 N–H and O–H groups in total. The summed E-state index contributed by atoms with van der Waals surface area (Å²) in [6, 6.07) is 6.29. The van der Waals surface area contributed by atoms with Crippen LogP contribution in [0.4, 0.5) is 5.69 Å². The molecule has 5 nitrogen and oxygen atoms in total. The monoisotopic (exact) mass is 356 g/mol. The third kappa shape index (κ3) is 3.76. The Labute approximate surface area is 155 Å². The maximum absolute atomic E-state index is 12.6. The van der Waals surface area contributed by atoms with E-state index in [9.17, 15) is 4.79 Å². The fraction of sp³-hybridized carbons (Fsp3) is 0.524. The van der Waals surface area contributed by atoms with Crippen LogP contribution in [0.2, 0.25) is 0 Å². The number of hydrogen-bond donors (Lipinski definition) is 0. The van der Waals surface area contributed by atoms with Crippen molar-refractivity contribution in [2.24, 2.45) is 0 Å². The van der Waals surface area contributed by atoms with Crippen LogP contribution < -0.4 is 9.64 Å². The molecule has 0 unspecified atom stereocenters. The van der Waals surface area contributed by atoms with Crippen LogP contribution in [0.25, 0.3) is 10.9 Å². The Morgan fingerprint density at radius 2 is 1.96 bits per heavy atom. The van der Waals surface area contributed by atoms with E-state index in [2.05, 4.69) is 16.9 Å². The number of carbonyl (C=O) groups is 1. The number of benzene rings is 1. The topological polar surface area (TPSA) is 51.7 Å². The average Bonchev–Trinajstić information content (AvgIpc) is 2.67. The van der Waals surface area contributed by atoms with E-state index >= 15 is 0 Å². The number of anilines is 1. The maximum Gasteiger partial charge on any atom is 0.341 e. The first kappa shape index (κ1) is 18.5. The molecule has 0 atom stereocenters. The Kier molecular flexibility index (Phi) is 5.96. The van der Waals surface area contributed by atoms with Crippen molar-refractivity contribution in [1.29, 1.82) is 0 Å². The Balaban J connectivity index is 2.13. The van der Waals surface area contributed by atoms with Gasteiger partial charge in [-0.3, -0.25) is 4.98 Å². The summed E-state index contributed by atoms with van der Waals surface area (Å²) >= 11 is 0. The minimum absolute atomic E-state index is 0.318. The third-order valence-corrected chi connectivity index (χ3v) is 5.09. The van der Waals surface area contributed by atoms with Crippen LogP contribution in [0, 0.1) is 0 Å². The largest absolute Gasteiger partial charge is 0.494 e. The van der Waals surface area contributed by atoms with Crippen LogP contribution in [0.1, 0.15) is 56.3 Å². The number of carbonyl (C=O) groups excluding carboxylic acids is 1. The summed E-state index contributed by atoms with van der Waals surface area (Å²) in [6.07, 6.45) is 7.70. The first-order valence-corrected chi connectivity index (χ1v) is 9.61. The molecule has 3 rings (SSSR count). The van der Waals surface area contributed by atoms with E-state index in [-0.39, 0.29) is 5.97 Å². The second-order valence-electron chi connectivity index (χ2n) is 6.76. The van der Waals surface area contributed by atoms with E-state index in [1.807, 2.05) is 32.0 Å². The molecule has 0 aliphatic heterocycles. The van der Waals surface area contributed by atoms with Crippen molar-refractivity contribution in [3.63, 3.8) is 0 Å². The maximum atomic E-state index is 12.6. The van der Waals surface area contributed by atoms with E-state index < -0.39 is 0 Å². The second-order valence-corrected chi connectivity index (χ2v) is 6.76. The highest BCUT2D eigenvalue weighted by molar-refractivity contribution is 6.05. The Morgan fingerprint density at radius 1 is 1.19 bits per heavy atom. The van der Waals surface area contributed by atoms with Crippen molar-refractivity contribution in [3.8, 4) is 5.75 Å². The van der Waals surface area contributed by atoms with Gasteiger partial charge in [0, 0.05) is 24.7 Å². The quantitative estimate of drug-likeness (QED) is 0.709. The highest BCUT2D eigenvalue weighted by Crippen LogP contribution is 2.35. The van der Waals surface area contributed by atoms with Gasteiger partial charge < -0.3 is 14.4 Å². The summed E-state index contributed by atoms with van der Waals surface area (Å²) in [4.78, 5) is 19.3. The zero-order valence-corrected chi connectivity index (χ0v) is 16.0. The molecule has 1 aromatic carbocycles. The molecule has 0 bridgehead atoms. The summed E-state index contributed by atoms with van der Waals surface area (Å²) in [5.74, 6) is 0.475. The summed E-state index contributed by atoms with van der Waals surface area (Å²) in [6.45, 7) is 4.74. The lowest BCUT2D eigenvalue weighted by molar-refractivity contribution is 0.0526. The number of esters is 1. The Bertz CT molecular complexity index is 769. The van der Waals surface area contributed by atoms with Crippen LogP contribution in [-0.2, 0) is 4.74 Å². The summed E-state index contributed by atoms with van der Waals surface area (Å²) in [5.41, 5.74) is 2.29. The van der Waals surface area contributed by atoms with Gasteiger partial charge in [0.05, 0.1) is 24.4 Å². The van der Waals surface area contributed by atoms with E-state index in [1.54, 1.807) is 6.20 Å². The van der Waals surface area contributed by atoms with Gasteiger partial charge in [0.2, 0.25) is 0 Å². The van der Waals surface area contributed by atoms with Crippen molar-refractivity contribution >= 4 is 22.6 Å². The lowest BCUT2D eigenvalue weighted by Crippen LogP contribution is -2.34. The normalized spacial score (nSPS) is 15.0. The molecule has 0 spiro atoms. The molecule has 140 valence electrons. The van der Waals surface area contributed by atoms with Crippen LogP contribution in [0.3, 0.4) is 0 Å². The molecular formula is C21H28N2O3. The van der Waals surface area contributed by atoms with E-state index in [0.29, 0.717) is 24.8 Å². The first-order chi connectivity index (χ1) is 12.7. The second kappa shape index (κ2) is 8.39. The number of rotatable bonds is 6. The molecule has 1 fully saturated rings. The van der Waals surface area contributed by atoms with Gasteiger partial charge in [-0.1, -0.05) is 19.3 Å². The summed E-state index contributed by atoms with van der Waals surface area (Å²) < 4.78 is 11.0. The zero-order valence-electron chi connectivity index (χ0n) is 16.0. The lowest BCUT2D eigenvalue weighted by atomic mass is 9.93. The first-order valence-electron chi connectivity index (χ1n) is 9.61. The van der Waals surface area contributed by atoms with Gasteiger partial charge in [-0.25, -0.2) is 4.79 Å². The predicted octanol–water partition coefficient (Wildman–Crippen LogP) is 4.58. The molecule has 0 radical (unpaired) electrons. The minimum atomic E-state index is -0.318. The average molecular weight is 356 g/mol. The molecule has 2 aromatic rings. The van der Waals surface area contributed by atoms with Crippen molar-refractivity contribution in [2.45, 2.75) is 52.0 Å². The highest BCUT2D eigenvalue weighted by Gasteiger charge is 2.25. The SMILES string of the molecule is CCOC(=O)c1cnc2ccc(OCC)cc2c1N(C)C1CCCCC1. The van der Waals surface area contributed by atoms with Gasteiger partial charge in [-0.15, -0.1) is 0 Å². The van der Waals surface area contributed by atoms with Crippen molar-refractivity contribution in [3.05, 3.63) is 30.0 Å². The molecule has 1 saturated carbocycles. The number of aromatic nitrogens is 1. The number of fused-ring (bicyclic) bond motifs is 1. The molecule has 1 aliphatic rings. The van der Waals surface area contributed by atoms with Crippen LogP contribution in [-0.4, -0.2) is 37.3 Å². The van der Waals surface area contributed by atoms with Gasteiger partial charge in [0.15, 0.2) is 0 Å². The van der Waals surface area contributed by atoms with Gasteiger partial charge in [-0.2, -0.15) is 0 Å². The smallest absolute Gasteiger partial charge is 0.341 e. The van der Waals surface area contributed by atoms with Gasteiger partial charge in [-0.05, 0) is 44.9 Å².